The second kappa shape index (κ2) is 9.10. The maximum atomic E-state index is 12.1. The van der Waals surface area contributed by atoms with E-state index in [1.165, 1.54) is 15.6 Å². The van der Waals surface area contributed by atoms with E-state index in [4.69, 9.17) is 20.3 Å². The summed E-state index contributed by atoms with van der Waals surface area (Å²) in [5.74, 6) is -2.51. The summed E-state index contributed by atoms with van der Waals surface area (Å²) in [7, 11) is -5.36. The number of aliphatic hydroxyl groups is 2. The van der Waals surface area contributed by atoms with Crippen molar-refractivity contribution in [2.75, 3.05) is 18.5 Å². The minimum atomic E-state index is -5.36. The molecule has 2 aromatic rings. The van der Waals surface area contributed by atoms with Gasteiger partial charge in [0.05, 0.1) is 0 Å². The number of nitriles is 1. The van der Waals surface area contributed by atoms with Gasteiger partial charge in [-0.25, -0.2) is 0 Å². The molecule has 1 aliphatic rings. The van der Waals surface area contributed by atoms with Gasteiger partial charge in [0.1, 0.15) is 0 Å². The predicted octanol–water partition coefficient (Wildman–Crippen LogP) is -0.0828. The third kappa shape index (κ3) is 4.66. The fourth-order valence-corrected chi connectivity index (χ4v) is 8.23. The number of hydrogen-bond donors (Lipinski definition) is 6. The molecule has 2 aromatic heterocycles. The summed E-state index contributed by atoms with van der Waals surface area (Å²) in [6.07, 6.45) is -2.23. The van der Waals surface area contributed by atoms with Crippen molar-refractivity contribution in [1.82, 2.24) is 24.2 Å². The average molecular weight is 501 g/mol. The molecule has 190 valence electrons. The van der Waals surface area contributed by atoms with E-state index in [2.05, 4.69) is 15.0 Å². The number of anilines is 1. The number of ether oxygens (including phenoxy) is 1. The fraction of sp³-hybridized carbons (Fsp3) is 0.684. The number of H-pyrrole nitrogens is 1. The van der Waals surface area contributed by atoms with Gasteiger partial charge in [-0.1, -0.05) is 0 Å². The fourth-order valence-electron chi connectivity index (χ4n) is 4.63. The SMILES string of the molecule is CC(C)N(C(C)C)P(O)(O)(CCC#N)O[C@]1(O)C[C@H](n2cnc3c(=O)[nH]c(N)nc32)O[C@@H]1CO. The Morgan fingerprint density at radius 3 is 2.65 bits per heavy atom. The van der Waals surface area contributed by atoms with Crippen LogP contribution in [0.2, 0.25) is 0 Å². The molecule has 0 spiro atoms. The number of aliphatic hydroxyl groups excluding tert-OH is 1. The molecule has 0 radical (unpaired) electrons. The molecular weight excluding hydrogens is 469 g/mol. The Kier molecular flexibility index (Phi) is 7.07. The molecule has 1 aliphatic heterocycles. The van der Waals surface area contributed by atoms with Crippen molar-refractivity contribution in [2.24, 2.45) is 0 Å². The first-order valence-electron chi connectivity index (χ1n) is 10.8. The molecule has 15 heteroatoms. The van der Waals surface area contributed by atoms with Gasteiger partial charge in [0.25, 0.3) is 0 Å². The van der Waals surface area contributed by atoms with Crippen LogP contribution in [0.25, 0.3) is 11.2 Å². The number of nitrogens with one attached hydrogen (secondary N) is 1. The van der Waals surface area contributed by atoms with Gasteiger partial charge in [0.15, 0.2) is 0 Å². The maximum absolute atomic E-state index is 12.1. The Hall–Kier alpha value is -2.21. The third-order valence-corrected chi connectivity index (χ3v) is 9.25. The van der Waals surface area contributed by atoms with E-state index in [0.717, 1.165) is 0 Å². The van der Waals surface area contributed by atoms with E-state index >= 15 is 0 Å². The molecule has 14 nitrogen and oxygen atoms in total. The Morgan fingerprint density at radius 2 is 2.09 bits per heavy atom. The van der Waals surface area contributed by atoms with E-state index < -0.39 is 56.0 Å². The first-order valence-corrected chi connectivity index (χ1v) is 13.0. The molecule has 3 atom stereocenters. The summed E-state index contributed by atoms with van der Waals surface area (Å²) < 4.78 is 14.3. The molecule has 0 aromatic carbocycles. The standard InChI is InChI=1S/C19H32N7O7P/c1-11(2)26(12(3)4)34(30,31,7-5-6-20)33-19(29)8-14(32-13(19)9-27)25-10-22-15-16(25)23-18(21)24-17(15)28/h10-14,27,29-31H,5,7-9H2,1-4H3,(H3,21,23,24,28)/t13-,14-,19-/m1/s1. The van der Waals surface area contributed by atoms with Gasteiger partial charge in [0, 0.05) is 0 Å². The Balaban J connectivity index is 2.04. The summed E-state index contributed by atoms with van der Waals surface area (Å²) in [5, 5.41) is 30.5. The zero-order valence-corrected chi connectivity index (χ0v) is 20.4. The number of nitrogens with two attached hydrogens (primary N) is 1. The van der Waals surface area contributed by atoms with Crippen molar-refractivity contribution in [1.29, 1.82) is 5.26 Å². The van der Waals surface area contributed by atoms with Gasteiger partial charge < -0.3 is 0 Å². The van der Waals surface area contributed by atoms with Crippen molar-refractivity contribution in [3.05, 3.63) is 16.7 Å². The number of nitrogens with zero attached hydrogens (tertiary/aromatic N) is 5. The van der Waals surface area contributed by atoms with E-state index in [9.17, 15) is 24.8 Å². The normalized spacial score (nSPS) is 24.7. The zero-order chi connectivity index (χ0) is 25.5. The van der Waals surface area contributed by atoms with Crippen molar-refractivity contribution < 1.29 is 29.3 Å². The predicted molar refractivity (Wildman–Crippen MR) is 123 cm³/mol. The molecule has 3 heterocycles. The van der Waals surface area contributed by atoms with E-state index in [-0.39, 0.29) is 30.0 Å². The van der Waals surface area contributed by atoms with E-state index in [0.29, 0.717) is 0 Å². The molecule has 0 amide bonds. The third-order valence-electron chi connectivity index (χ3n) is 5.70. The molecular formula is C19H32N7O7P. The van der Waals surface area contributed by atoms with Gasteiger partial charge >= 0.3 is 195 Å². The number of aromatic amines is 1. The van der Waals surface area contributed by atoms with Crippen LogP contribution >= 0.6 is 7.43 Å². The number of fused-ring (bicyclic) bond motifs is 1. The van der Waals surface area contributed by atoms with Crippen LogP contribution in [0.5, 0.6) is 0 Å². The summed E-state index contributed by atoms with van der Waals surface area (Å²) >= 11 is 0. The molecule has 0 aliphatic carbocycles. The first kappa shape index (κ1) is 26.4. The summed E-state index contributed by atoms with van der Waals surface area (Å²) in [5.41, 5.74) is 5.13. The van der Waals surface area contributed by atoms with Gasteiger partial charge in [-0.2, -0.15) is 0 Å². The minimum absolute atomic E-state index is 0.0153. The monoisotopic (exact) mass is 501 g/mol. The molecule has 0 bridgehead atoms. The van der Waals surface area contributed by atoms with Crippen molar-refractivity contribution in [2.45, 2.75) is 70.7 Å². The topological polar surface area (TPSA) is 216 Å². The van der Waals surface area contributed by atoms with Crippen LogP contribution in [0, 0.1) is 11.3 Å². The second-order valence-corrected chi connectivity index (χ2v) is 12.2. The summed E-state index contributed by atoms with van der Waals surface area (Å²) in [6.45, 7) is 6.21. The van der Waals surface area contributed by atoms with Crippen LogP contribution in [0.15, 0.2) is 11.1 Å². The Morgan fingerprint density at radius 1 is 1.44 bits per heavy atom. The Bertz CT molecular complexity index is 1140. The summed E-state index contributed by atoms with van der Waals surface area (Å²) in [4.78, 5) is 45.8. The molecule has 1 saturated heterocycles. The second-order valence-electron chi connectivity index (χ2n) is 8.94. The number of rotatable bonds is 9. The summed E-state index contributed by atoms with van der Waals surface area (Å²) in [6, 6.07) is 1.05. The number of nitrogen functional groups attached to an aromatic ring is 1. The van der Waals surface area contributed by atoms with Gasteiger partial charge in [-0.15, -0.1) is 0 Å². The zero-order valence-electron chi connectivity index (χ0n) is 19.5. The number of aromatic nitrogens is 4. The molecule has 7 N–H and O–H groups in total. The van der Waals surface area contributed by atoms with Gasteiger partial charge in [-0.05, 0) is 0 Å². The molecule has 0 unspecified atom stereocenters. The molecule has 0 saturated carbocycles. The van der Waals surface area contributed by atoms with E-state index in [1.54, 1.807) is 27.7 Å². The first-order chi connectivity index (χ1) is 15.7. The van der Waals surface area contributed by atoms with Crippen molar-refractivity contribution >= 4 is 24.5 Å². The van der Waals surface area contributed by atoms with Crippen LogP contribution in [0.4, 0.5) is 5.95 Å². The number of hydrogen-bond acceptors (Lipinski definition) is 12. The molecule has 3 rings (SSSR count). The van der Waals surface area contributed by atoms with Crippen LogP contribution < -0.4 is 11.3 Å². The van der Waals surface area contributed by atoms with Crippen molar-refractivity contribution in [3.63, 3.8) is 0 Å². The quantitative estimate of drug-likeness (QED) is 0.196. The molecule has 34 heavy (non-hydrogen) atoms. The van der Waals surface area contributed by atoms with Crippen LogP contribution in [0.1, 0.15) is 46.8 Å². The number of imidazole rings is 1. The average Bonchev–Trinajstić information content (AvgIpc) is 3.25. The van der Waals surface area contributed by atoms with Gasteiger partial charge in [-0.3, -0.25) is 0 Å². The van der Waals surface area contributed by atoms with Crippen LogP contribution in [-0.4, -0.2) is 80.9 Å². The van der Waals surface area contributed by atoms with Crippen LogP contribution in [-0.2, 0) is 9.26 Å². The van der Waals surface area contributed by atoms with Crippen LogP contribution in [0.3, 0.4) is 0 Å². The van der Waals surface area contributed by atoms with Gasteiger partial charge in [0.2, 0.25) is 0 Å². The molecule has 1 fully saturated rings. The van der Waals surface area contributed by atoms with E-state index in [1.807, 2.05) is 6.07 Å². The Labute approximate surface area is 195 Å². The van der Waals surface area contributed by atoms with Crippen molar-refractivity contribution in [3.8, 4) is 6.07 Å².